The SMILES string of the molecule is c1ccc(CC2Cc3c(ccc4c5ccccc5n(-c5ccc6c(c5)N(c5ccccc5)c5ccccc5B6c5ccccc5)c34)-c3ccccc32)cc1. The van der Waals surface area contributed by atoms with Crippen molar-refractivity contribution in [2.24, 2.45) is 0 Å². The van der Waals surface area contributed by atoms with Gasteiger partial charge < -0.3 is 9.47 Å². The molecule has 8 aromatic carbocycles. The van der Waals surface area contributed by atoms with Crippen molar-refractivity contribution in [3.8, 4) is 16.8 Å². The van der Waals surface area contributed by atoms with Gasteiger partial charge in [-0.05, 0) is 93.9 Å². The molecule has 9 aromatic rings. The molecule has 11 rings (SSSR count). The van der Waals surface area contributed by atoms with Crippen LogP contribution in [0, 0.1) is 0 Å². The third-order valence-corrected chi connectivity index (χ3v) is 11.9. The molecule has 2 aliphatic rings. The van der Waals surface area contributed by atoms with Gasteiger partial charge in [0.15, 0.2) is 0 Å². The minimum atomic E-state index is 0.118. The lowest BCUT2D eigenvalue weighted by Gasteiger charge is -2.37. The second-order valence-electron chi connectivity index (χ2n) is 14.8. The Morgan fingerprint density at radius 2 is 1.19 bits per heavy atom. The first kappa shape index (κ1) is 31.0. The van der Waals surface area contributed by atoms with Crippen LogP contribution in [0.15, 0.2) is 194 Å². The van der Waals surface area contributed by atoms with E-state index in [0.29, 0.717) is 5.92 Å². The maximum atomic E-state index is 2.57. The van der Waals surface area contributed by atoms with Crippen LogP contribution in [-0.4, -0.2) is 11.3 Å². The molecule has 1 atom stereocenters. The smallest absolute Gasteiger partial charge is 0.246 e. The largest absolute Gasteiger partial charge is 0.311 e. The summed E-state index contributed by atoms with van der Waals surface area (Å²) < 4.78 is 2.57. The van der Waals surface area contributed by atoms with E-state index in [-0.39, 0.29) is 6.71 Å². The van der Waals surface area contributed by atoms with Crippen LogP contribution >= 0.6 is 0 Å². The average Bonchev–Trinajstić information content (AvgIpc) is 3.58. The maximum absolute atomic E-state index is 2.57. The second-order valence-corrected chi connectivity index (χ2v) is 14.8. The predicted octanol–water partition coefficient (Wildman–Crippen LogP) is 10.6. The first-order chi connectivity index (χ1) is 26.8. The number of anilines is 3. The highest BCUT2D eigenvalue weighted by molar-refractivity contribution is 6.98. The molecule has 0 fully saturated rings. The van der Waals surface area contributed by atoms with E-state index < -0.39 is 0 Å². The summed E-state index contributed by atoms with van der Waals surface area (Å²) >= 11 is 0. The van der Waals surface area contributed by atoms with Crippen molar-refractivity contribution in [3.05, 3.63) is 211 Å². The zero-order valence-electron chi connectivity index (χ0n) is 29.9. The molecule has 0 radical (unpaired) electrons. The van der Waals surface area contributed by atoms with Crippen molar-refractivity contribution < 1.29 is 0 Å². The Kier molecular flexibility index (Phi) is 7.19. The van der Waals surface area contributed by atoms with Crippen molar-refractivity contribution in [3.63, 3.8) is 0 Å². The standard InChI is InChI=1S/C51H37BN2/c1-4-16-35(17-5-1)32-36-33-45-42(41-23-11-10-22-40(36)41)29-30-44-43-24-12-14-26-48(43)54(51(44)45)39-28-31-47-50(34-39)53(38-20-8-3-9-21-38)49-27-15-13-25-46(49)52(47)37-18-6-2-7-19-37/h1-31,34,36H,32-33H2. The number of hydrogen-bond acceptors (Lipinski definition) is 1. The van der Waals surface area contributed by atoms with Crippen LogP contribution < -0.4 is 21.3 Å². The summed E-state index contributed by atoms with van der Waals surface area (Å²) in [7, 11) is 0. The minimum absolute atomic E-state index is 0.118. The van der Waals surface area contributed by atoms with Crippen LogP contribution in [-0.2, 0) is 12.8 Å². The van der Waals surface area contributed by atoms with Crippen molar-refractivity contribution in [1.29, 1.82) is 0 Å². The van der Waals surface area contributed by atoms with Gasteiger partial charge in [0.1, 0.15) is 0 Å². The summed E-state index contributed by atoms with van der Waals surface area (Å²) in [6.45, 7) is 0.118. The molecule has 0 spiro atoms. The lowest BCUT2D eigenvalue weighted by Crippen LogP contribution is -2.57. The van der Waals surface area contributed by atoms with Gasteiger partial charge in [-0.1, -0.05) is 163 Å². The van der Waals surface area contributed by atoms with Gasteiger partial charge >= 0.3 is 0 Å². The van der Waals surface area contributed by atoms with E-state index in [9.17, 15) is 0 Å². The molecule has 0 N–H and O–H groups in total. The van der Waals surface area contributed by atoms with E-state index in [4.69, 9.17) is 0 Å². The van der Waals surface area contributed by atoms with E-state index >= 15 is 0 Å². The summed E-state index contributed by atoms with van der Waals surface area (Å²) in [6.07, 6.45) is 2.00. The highest BCUT2D eigenvalue weighted by Crippen LogP contribution is 2.47. The number of nitrogens with zero attached hydrogens (tertiary/aromatic N) is 2. The number of aromatic nitrogens is 1. The molecule has 1 aliphatic heterocycles. The second kappa shape index (κ2) is 12.5. The van der Waals surface area contributed by atoms with Gasteiger partial charge in [0.05, 0.1) is 11.0 Å². The van der Waals surface area contributed by atoms with Gasteiger partial charge in [0.25, 0.3) is 0 Å². The van der Waals surface area contributed by atoms with E-state index in [2.05, 4.69) is 204 Å². The average molecular weight is 689 g/mol. The Bertz CT molecular complexity index is 2840. The fourth-order valence-corrected chi connectivity index (χ4v) is 9.59. The minimum Gasteiger partial charge on any atom is -0.311 e. The van der Waals surface area contributed by atoms with Crippen LogP contribution in [0.2, 0.25) is 0 Å². The monoisotopic (exact) mass is 688 g/mol. The fourth-order valence-electron chi connectivity index (χ4n) is 9.59. The number of hydrogen-bond donors (Lipinski definition) is 0. The molecule has 3 heteroatoms. The van der Waals surface area contributed by atoms with E-state index in [1.807, 2.05) is 0 Å². The van der Waals surface area contributed by atoms with E-state index in [1.165, 1.54) is 83.1 Å². The first-order valence-corrected chi connectivity index (χ1v) is 19.1. The molecule has 0 saturated carbocycles. The van der Waals surface area contributed by atoms with E-state index in [1.54, 1.807) is 0 Å². The molecule has 1 unspecified atom stereocenters. The molecule has 1 aromatic heterocycles. The lowest BCUT2D eigenvalue weighted by molar-refractivity contribution is 0.674. The molecule has 2 heterocycles. The highest BCUT2D eigenvalue weighted by Gasteiger charge is 2.36. The maximum Gasteiger partial charge on any atom is 0.246 e. The summed E-state index contributed by atoms with van der Waals surface area (Å²) in [5, 5.41) is 2.60. The zero-order valence-corrected chi connectivity index (χ0v) is 29.9. The van der Waals surface area contributed by atoms with Gasteiger partial charge in [0, 0.05) is 33.5 Å². The number of rotatable bonds is 5. The Morgan fingerprint density at radius 3 is 2.04 bits per heavy atom. The Labute approximate surface area is 316 Å². The first-order valence-electron chi connectivity index (χ1n) is 19.1. The highest BCUT2D eigenvalue weighted by atomic mass is 15.2. The lowest BCUT2D eigenvalue weighted by atomic mass is 9.35. The number of para-hydroxylation sites is 3. The van der Waals surface area contributed by atoms with Gasteiger partial charge in [-0.15, -0.1) is 0 Å². The topological polar surface area (TPSA) is 8.17 Å². The summed E-state index contributed by atoms with van der Waals surface area (Å²) in [5.74, 6) is 0.383. The van der Waals surface area contributed by atoms with Crippen LogP contribution in [0.1, 0.15) is 22.6 Å². The van der Waals surface area contributed by atoms with Gasteiger partial charge in [-0.25, -0.2) is 0 Å². The number of fused-ring (bicyclic) bond motifs is 9. The van der Waals surface area contributed by atoms with Crippen molar-refractivity contribution in [2.75, 3.05) is 4.90 Å². The van der Waals surface area contributed by atoms with Crippen LogP contribution in [0.5, 0.6) is 0 Å². The molecule has 0 bridgehead atoms. The zero-order chi connectivity index (χ0) is 35.6. The van der Waals surface area contributed by atoms with Crippen LogP contribution in [0.25, 0.3) is 38.6 Å². The third kappa shape index (κ3) is 4.82. The molecule has 2 nitrogen and oxygen atoms in total. The van der Waals surface area contributed by atoms with Gasteiger partial charge in [0.2, 0.25) is 6.71 Å². The molecular weight excluding hydrogens is 651 g/mol. The van der Waals surface area contributed by atoms with Gasteiger partial charge in [-0.3, -0.25) is 0 Å². The van der Waals surface area contributed by atoms with E-state index in [0.717, 1.165) is 18.5 Å². The fraction of sp³-hybridized carbons (Fsp3) is 0.0588. The van der Waals surface area contributed by atoms with Crippen molar-refractivity contribution in [2.45, 2.75) is 18.8 Å². The summed E-state index contributed by atoms with van der Waals surface area (Å²) in [4.78, 5) is 2.48. The number of benzene rings is 8. The van der Waals surface area contributed by atoms with Gasteiger partial charge in [-0.2, -0.15) is 0 Å². The third-order valence-electron chi connectivity index (χ3n) is 11.9. The molecule has 0 saturated heterocycles. The molecule has 0 amide bonds. The molecular formula is C51H37BN2. The van der Waals surface area contributed by atoms with Crippen molar-refractivity contribution in [1.82, 2.24) is 4.57 Å². The Hall–Kier alpha value is -6.58. The molecule has 1 aliphatic carbocycles. The normalized spacial score (nSPS) is 14.4. The van der Waals surface area contributed by atoms with Crippen LogP contribution in [0.3, 0.4) is 0 Å². The summed E-state index contributed by atoms with van der Waals surface area (Å²) in [5.41, 5.74) is 18.3. The summed E-state index contributed by atoms with van der Waals surface area (Å²) in [6, 6.07) is 71.9. The predicted molar refractivity (Wildman–Crippen MR) is 229 cm³/mol. The van der Waals surface area contributed by atoms with Crippen molar-refractivity contribution >= 4 is 62.0 Å². The molecule has 254 valence electrons. The Morgan fingerprint density at radius 1 is 0.500 bits per heavy atom. The quantitative estimate of drug-likeness (QED) is 0.163. The Balaban J connectivity index is 1.18. The molecule has 54 heavy (non-hydrogen) atoms. The van der Waals surface area contributed by atoms with Crippen LogP contribution in [0.4, 0.5) is 17.1 Å².